The predicted molar refractivity (Wildman–Crippen MR) is 212 cm³/mol. The molecular formula is C42H79O8P. The Kier molecular flexibility index (Phi) is 37.2. The van der Waals surface area contributed by atoms with Crippen molar-refractivity contribution in [3.05, 3.63) is 24.3 Å². The molecule has 1 N–H and O–H groups in total. The molecule has 0 fully saturated rings. The van der Waals surface area contributed by atoms with E-state index in [1.54, 1.807) is 0 Å². The Morgan fingerprint density at radius 2 is 0.980 bits per heavy atom. The average molecular weight is 743 g/mol. The number of carbonyl (C=O) groups is 2. The van der Waals surface area contributed by atoms with Gasteiger partial charge in [-0.25, -0.2) is 4.57 Å². The van der Waals surface area contributed by atoms with E-state index in [-0.39, 0.29) is 19.0 Å². The van der Waals surface area contributed by atoms with E-state index in [0.717, 1.165) is 71.3 Å². The van der Waals surface area contributed by atoms with E-state index < -0.39 is 26.5 Å². The summed E-state index contributed by atoms with van der Waals surface area (Å²) < 4.78 is 31.9. The second kappa shape index (κ2) is 38.3. The van der Waals surface area contributed by atoms with E-state index >= 15 is 0 Å². The number of hydrogen-bond donors (Lipinski definition) is 1. The minimum absolute atomic E-state index is 0.227. The van der Waals surface area contributed by atoms with E-state index in [0.29, 0.717) is 12.8 Å². The lowest BCUT2D eigenvalue weighted by atomic mass is 10.0. The Bertz CT molecular complexity index is 890. The van der Waals surface area contributed by atoms with Crippen molar-refractivity contribution in [1.29, 1.82) is 0 Å². The zero-order chi connectivity index (χ0) is 37.5. The molecule has 0 spiro atoms. The molecule has 2 unspecified atom stereocenters. The zero-order valence-corrected chi connectivity index (χ0v) is 34.2. The summed E-state index contributed by atoms with van der Waals surface area (Å²) in [4.78, 5) is 34.4. The fourth-order valence-electron chi connectivity index (χ4n) is 5.93. The monoisotopic (exact) mass is 743 g/mol. The molecule has 0 bridgehead atoms. The molecule has 0 saturated carbocycles. The highest BCUT2D eigenvalue weighted by atomic mass is 31.2. The molecule has 0 aromatic rings. The number of unbranched alkanes of at least 4 members (excludes halogenated alkanes) is 24. The summed E-state index contributed by atoms with van der Waals surface area (Å²) in [7, 11) is -3.20. The van der Waals surface area contributed by atoms with Crippen LogP contribution in [0, 0.1) is 0 Å². The molecule has 0 radical (unpaired) electrons. The highest BCUT2D eigenvalue weighted by molar-refractivity contribution is 7.47. The van der Waals surface area contributed by atoms with Crippen molar-refractivity contribution in [2.24, 2.45) is 0 Å². The van der Waals surface area contributed by atoms with Gasteiger partial charge >= 0.3 is 19.8 Å². The van der Waals surface area contributed by atoms with Gasteiger partial charge in [0.05, 0.1) is 6.61 Å². The molecule has 8 nitrogen and oxygen atoms in total. The lowest BCUT2D eigenvalue weighted by molar-refractivity contribution is -0.161. The highest BCUT2D eigenvalue weighted by Gasteiger charge is 2.24. The number of esters is 2. The van der Waals surface area contributed by atoms with Crippen LogP contribution in [0.3, 0.4) is 0 Å². The van der Waals surface area contributed by atoms with Gasteiger partial charge in [-0.1, -0.05) is 179 Å². The van der Waals surface area contributed by atoms with Gasteiger partial charge in [-0.3, -0.25) is 18.6 Å². The third kappa shape index (κ3) is 38.1. The minimum atomic E-state index is -4.26. The van der Waals surface area contributed by atoms with Crippen LogP contribution < -0.4 is 0 Å². The van der Waals surface area contributed by atoms with Crippen LogP contribution in [-0.4, -0.2) is 43.3 Å². The molecule has 0 aromatic carbocycles. The molecule has 300 valence electrons. The Balaban J connectivity index is 3.95. The molecule has 0 aromatic heterocycles. The van der Waals surface area contributed by atoms with Gasteiger partial charge in [0, 0.05) is 20.0 Å². The van der Waals surface area contributed by atoms with E-state index in [1.165, 1.54) is 109 Å². The molecule has 51 heavy (non-hydrogen) atoms. The fraction of sp³-hybridized carbons (Fsp3) is 0.857. The zero-order valence-electron chi connectivity index (χ0n) is 33.3. The van der Waals surface area contributed by atoms with Crippen LogP contribution in [0.25, 0.3) is 0 Å². The Labute approximate surface area is 313 Å². The smallest absolute Gasteiger partial charge is 0.462 e. The van der Waals surface area contributed by atoms with Crippen molar-refractivity contribution in [2.45, 2.75) is 213 Å². The van der Waals surface area contributed by atoms with Crippen LogP contribution in [0.2, 0.25) is 0 Å². The average Bonchev–Trinajstić information content (AvgIpc) is 3.12. The summed E-state index contributed by atoms with van der Waals surface area (Å²) in [6, 6.07) is 0. The fourth-order valence-corrected chi connectivity index (χ4v) is 6.39. The number of rotatable bonds is 39. The van der Waals surface area contributed by atoms with Crippen LogP contribution in [-0.2, 0) is 32.7 Å². The van der Waals surface area contributed by atoms with Gasteiger partial charge in [-0.05, 0) is 38.5 Å². The SMILES string of the molecule is CCC/C=C\C/C=C\CCCCCCCC(=O)OC(COC(=O)CCCCCCCCCCCCCCCCCCCCC)COP(=O)(O)OC. The maximum Gasteiger partial charge on any atom is 0.472 e. The molecule has 0 aliphatic heterocycles. The number of ether oxygens (including phenoxy) is 2. The number of allylic oxidation sites excluding steroid dienone is 4. The van der Waals surface area contributed by atoms with Gasteiger partial charge in [0.25, 0.3) is 0 Å². The maximum atomic E-state index is 12.5. The van der Waals surface area contributed by atoms with Crippen molar-refractivity contribution in [3.8, 4) is 0 Å². The standard InChI is InChI=1S/C42H79O8P/c1-4-6-8-10-12-14-16-18-19-20-21-22-23-25-26-28-30-32-34-36-41(43)48-38-40(39-49-51(45,46)47-3)50-42(44)37-35-33-31-29-27-24-17-15-13-11-9-7-5-2/h9,11,15,17,40H,4-8,10,12-14,16,18-39H2,1-3H3,(H,45,46)/b11-9-,17-15-. The van der Waals surface area contributed by atoms with Crippen LogP contribution in [0.4, 0.5) is 0 Å². The number of hydrogen-bond acceptors (Lipinski definition) is 7. The van der Waals surface area contributed by atoms with Gasteiger partial charge in [-0.15, -0.1) is 0 Å². The largest absolute Gasteiger partial charge is 0.472 e. The third-order valence-corrected chi connectivity index (χ3v) is 10.1. The van der Waals surface area contributed by atoms with Crippen molar-refractivity contribution in [2.75, 3.05) is 20.3 Å². The molecule has 0 aliphatic carbocycles. The van der Waals surface area contributed by atoms with E-state index in [2.05, 4.69) is 42.7 Å². The predicted octanol–water partition coefficient (Wildman–Crippen LogP) is 13.1. The van der Waals surface area contributed by atoms with Crippen LogP contribution in [0.1, 0.15) is 206 Å². The highest BCUT2D eigenvalue weighted by Crippen LogP contribution is 2.42. The number of carbonyl (C=O) groups excluding carboxylic acids is 2. The second-order valence-corrected chi connectivity index (χ2v) is 15.7. The van der Waals surface area contributed by atoms with Gasteiger partial charge in [-0.2, -0.15) is 0 Å². The molecular weight excluding hydrogens is 663 g/mol. The van der Waals surface area contributed by atoms with Gasteiger partial charge in [0.15, 0.2) is 6.10 Å². The molecule has 0 heterocycles. The van der Waals surface area contributed by atoms with Crippen molar-refractivity contribution in [1.82, 2.24) is 0 Å². The molecule has 0 rings (SSSR count). The summed E-state index contributed by atoms with van der Waals surface area (Å²) in [5.41, 5.74) is 0. The Hall–Kier alpha value is -1.47. The van der Waals surface area contributed by atoms with Crippen LogP contribution in [0.5, 0.6) is 0 Å². The summed E-state index contributed by atoms with van der Waals surface area (Å²) in [6.07, 6.45) is 42.3. The van der Waals surface area contributed by atoms with Crippen LogP contribution >= 0.6 is 7.82 Å². The second-order valence-electron chi connectivity index (χ2n) is 14.1. The molecule has 0 aliphatic rings. The van der Waals surface area contributed by atoms with Crippen molar-refractivity contribution >= 4 is 19.8 Å². The van der Waals surface area contributed by atoms with Crippen LogP contribution in [0.15, 0.2) is 24.3 Å². The third-order valence-electron chi connectivity index (χ3n) is 9.18. The van der Waals surface area contributed by atoms with Crippen molar-refractivity contribution < 1.29 is 37.6 Å². The number of phosphoric ester groups is 1. The molecule has 0 saturated heterocycles. The summed E-state index contributed by atoms with van der Waals surface area (Å²) in [5.74, 6) is -0.813. The topological polar surface area (TPSA) is 108 Å². The number of phosphoric acid groups is 1. The summed E-state index contributed by atoms with van der Waals surface area (Å²) >= 11 is 0. The lowest BCUT2D eigenvalue weighted by Gasteiger charge is -2.19. The van der Waals surface area contributed by atoms with E-state index in [4.69, 9.17) is 14.0 Å². The lowest BCUT2D eigenvalue weighted by Crippen LogP contribution is -2.29. The molecule has 2 atom stereocenters. The Morgan fingerprint density at radius 1 is 0.549 bits per heavy atom. The summed E-state index contributed by atoms with van der Waals surface area (Å²) in [6.45, 7) is 3.83. The van der Waals surface area contributed by atoms with Gasteiger partial charge in [0.1, 0.15) is 6.61 Å². The Morgan fingerprint density at radius 3 is 1.45 bits per heavy atom. The first-order chi connectivity index (χ1) is 24.8. The van der Waals surface area contributed by atoms with Gasteiger partial charge < -0.3 is 14.4 Å². The summed E-state index contributed by atoms with van der Waals surface area (Å²) in [5, 5.41) is 0. The first kappa shape index (κ1) is 49.5. The first-order valence-corrected chi connectivity index (χ1v) is 22.5. The quantitative estimate of drug-likeness (QED) is 0.0287. The van der Waals surface area contributed by atoms with Gasteiger partial charge in [0.2, 0.25) is 0 Å². The maximum absolute atomic E-state index is 12.5. The van der Waals surface area contributed by atoms with E-state index in [1.807, 2.05) is 0 Å². The minimum Gasteiger partial charge on any atom is -0.462 e. The first-order valence-electron chi connectivity index (χ1n) is 21.0. The normalized spacial score (nSPS) is 13.6. The van der Waals surface area contributed by atoms with Crippen molar-refractivity contribution in [3.63, 3.8) is 0 Å². The molecule has 0 amide bonds. The van der Waals surface area contributed by atoms with E-state index in [9.17, 15) is 19.0 Å². The molecule has 9 heteroatoms.